The van der Waals surface area contributed by atoms with Crippen molar-refractivity contribution in [1.29, 1.82) is 0 Å². The summed E-state index contributed by atoms with van der Waals surface area (Å²) in [6.45, 7) is 0. The van der Waals surface area contributed by atoms with Gasteiger partial charge in [-0.2, -0.15) is 0 Å². The minimum Gasteiger partial charge on any atom is -0.203 e. The van der Waals surface area contributed by atoms with Gasteiger partial charge in [-0.3, -0.25) is 0 Å². The second-order valence-corrected chi connectivity index (χ2v) is 5.77. The quantitative estimate of drug-likeness (QED) is 0.210. The molecule has 29 heavy (non-hydrogen) atoms. The van der Waals surface area contributed by atoms with Gasteiger partial charge in [0.15, 0.2) is 23.3 Å². The fraction of sp³-hybridized carbons (Fsp3) is 0. The number of benzene rings is 3. The first-order chi connectivity index (χ1) is 14.0. The molecule has 0 spiro atoms. The van der Waals surface area contributed by atoms with E-state index in [0.29, 0.717) is 11.1 Å². The molecule has 0 aliphatic carbocycles. The molecule has 0 amide bonds. The fourth-order valence-corrected chi connectivity index (χ4v) is 2.32. The second kappa shape index (κ2) is 8.91. The molecule has 0 N–H and O–H groups in total. The average Bonchev–Trinajstić information content (AvgIpc) is 2.76. The average molecular weight is 394 g/mol. The van der Waals surface area contributed by atoms with Gasteiger partial charge in [-0.05, 0) is 30.3 Å². The molecule has 5 heteroatoms. The van der Waals surface area contributed by atoms with Crippen LogP contribution in [0.1, 0.15) is 16.7 Å². The van der Waals surface area contributed by atoms with Gasteiger partial charge >= 0.3 is 0 Å². The zero-order valence-corrected chi connectivity index (χ0v) is 14.7. The molecule has 3 aromatic carbocycles. The SMILES string of the molecule is Fc1c(F)c(F)c(C=C(C#Cc2ccccc2)C#Cc2ccccc2)c(F)c1F. The number of allylic oxidation sites excluding steroid dienone is 1. The number of halogens is 5. The molecule has 3 rings (SSSR count). The molecular weight excluding hydrogens is 383 g/mol. The Morgan fingerprint density at radius 2 is 0.931 bits per heavy atom. The van der Waals surface area contributed by atoms with Gasteiger partial charge in [-0.15, -0.1) is 0 Å². The molecule has 0 atom stereocenters. The van der Waals surface area contributed by atoms with Gasteiger partial charge in [0.05, 0.1) is 11.1 Å². The summed E-state index contributed by atoms with van der Waals surface area (Å²) in [5.74, 6) is 0.607. The Kier molecular flexibility index (Phi) is 6.12. The lowest BCUT2D eigenvalue weighted by atomic mass is 10.1. The Balaban J connectivity index is 2.14. The highest BCUT2D eigenvalue weighted by atomic mass is 19.2. The second-order valence-electron chi connectivity index (χ2n) is 5.77. The van der Waals surface area contributed by atoms with Gasteiger partial charge in [0.1, 0.15) is 0 Å². The van der Waals surface area contributed by atoms with Crippen LogP contribution in [0.4, 0.5) is 22.0 Å². The van der Waals surface area contributed by atoms with Crippen molar-refractivity contribution in [3.05, 3.63) is 112 Å². The van der Waals surface area contributed by atoms with Crippen LogP contribution < -0.4 is 0 Å². The van der Waals surface area contributed by atoms with Gasteiger partial charge in [0.25, 0.3) is 0 Å². The van der Waals surface area contributed by atoms with Crippen LogP contribution in [0.15, 0.2) is 66.2 Å². The standard InChI is InChI=1S/C24H11F5/c25-20-19(21(26)23(28)24(29)22(20)27)15-18(13-11-16-7-3-1-4-8-16)14-12-17-9-5-2-6-10-17/h1-10,15H. The lowest BCUT2D eigenvalue weighted by Crippen LogP contribution is -2.04. The van der Waals surface area contributed by atoms with E-state index < -0.39 is 34.6 Å². The molecule has 0 nitrogen and oxygen atoms in total. The lowest BCUT2D eigenvalue weighted by molar-refractivity contribution is 0.377. The molecule has 0 radical (unpaired) electrons. The van der Waals surface area contributed by atoms with Crippen LogP contribution >= 0.6 is 0 Å². The van der Waals surface area contributed by atoms with Gasteiger partial charge in [0.2, 0.25) is 5.82 Å². The van der Waals surface area contributed by atoms with Gasteiger partial charge < -0.3 is 0 Å². The van der Waals surface area contributed by atoms with Crippen molar-refractivity contribution in [2.24, 2.45) is 0 Å². The van der Waals surface area contributed by atoms with E-state index in [1.54, 1.807) is 60.7 Å². The molecule has 0 aliphatic heterocycles. The number of hydrogen-bond acceptors (Lipinski definition) is 0. The first-order valence-corrected chi connectivity index (χ1v) is 8.34. The van der Waals surface area contributed by atoms with Crippen LogP contribution in [0, 0.1) is 52.8 Å². The van der Waals surface area contributed by atoms with Crippen LogP contribution in [-0.4, -0.2) is 0 Å². The van der Waals surface area contributed by atoms with E-state index in [-0.39, 0.29) is 5.57 Å². The Labute approximate surface area is 164 Å². The zero-order valence-electron chi connectivity index (χ0n) is 14.7. The maximum atomic E-state index is 14.0. The van der Waals surface area contributed by atoms with Crippen molar-refractivity contribution in [3.63, 3.8) is 0 Å². The van der Waals surface area contributed by atoms with E-state index in [1.165, 1.54) is 0 Å². The summed E-state index contributed by atoms with van der Waals surface area (Å²) in [6.07, 6.45) is 0.752. The van der Waals surface area contributed by atoms with E-state index in [2.05, 4.69) is 23.7 Å². The molecule has 0 heterocycles. The molecule has 0 fully saturated rings. The summed E-state index contributed by atoms with van der Waals surface area (Å²) in [7, 11) is 0. The maximum absolute atomic E-state index is 14.0. The van der Waals surface area contributed by atoms with Crippen LogP contribution in [0.2, 0.25) is 0 Å². The van der Waals surface area contributed by atoms with Crippen molar-refractivity contribution < 1.29 is 22.0 Å². The molecule has 0 saturated carbocycles. The predicted octanol–water partition coefficient (Wildman–Crippen LogP) is 5.87. The van der Waals surface area contributed by atoms with Crippen molar-refractivity contribution in [1.82, 2.24) is 0 Å². The fourth-order valence-electron chi connectivity index (χ4n) is 2.32. The van der Waals surface area contributed by atoms with Crippen LogP contribution in [-0.2, 0) is 0 Å². The third kappa shape index (κ3) is 4.72. The monoisotopic (exact) mass is 394 g/mol. The smallest absolute Gasteiger partial charge is 0.200 e. The highest BCUT2D eigenvalue weighted by molar-refractivity contribution is 5.67. The summed E-state index contributed by atoms with van der Waals surface area (Å²) in [5, 5.41) is 0. The van der Waals surface area contributed by atoms with Gasteiger partial charge in [-0.1, -0.05) is 60.1 Å². The summed E-state index contributed by atoms with van der Waals surface area (Å²) < 4.78 is 68.3. The highest BCUT2D eigenvalue weighted by Crippen LogP contribution is 2.24. The third-order valence-electron chi connectivity index (χ3n) is 3.76. The van der Waals surface area contributed by atoms with Crippen LogP contribution in [0.5, 0.6) is 0 Å². The van der Waals surface area contributed by atoms with Crippen molar-refractivity contribution in [2.45, 2.75) is 0 Å². The molecule has 0 saturated heterocycles. The molecule has 0 aliphatic rings. The first-order valence-electron chi connectivity index (χ1n) is 8.34. The number of rotatable bonds is 1. The van der Waals surface area contributed by atoms with Gasteiger partial charge in [0, 0.05) is 11.1 Å². The Morgan fingerprint density at radius 3 is 1.34 bits per heavy atom. The Hall–Kier alpha value is -3.83. The molecule has 0 aromatic heterocycles. The lowest BCUT2D eigenvalue weighted by Gasteiger charge is -2.04. The normalized spacial score (nSPS) is 9.69. The van der Waals surface area contributed by atoms with E-state index in [9.17, 15) is 22.0 Å². The number of hydrogen-bond donors (Lipinski definition) is 0. The van der Waals surface area contributed by atoms with Crippen molar-refractivity contribution >= 4 is 6.08 Å². The minimum atomic E-state index is -2.22. The summed E-state index contributed by atoms with van der Waals surface area (Å²) in [4.78, 5) is 0. The molecule has 142 valence electrons. The minimum absolute atomic E-state index is 0.110. The first kappa shape index (κ1) is 19.9. The van der Waals surface area contributed by atoms with Crippen LogP contribution in [0.3, 0.4) is 0 Å². The van der Waals surface area contributed by atoms with E-state index in [4.69, 9.17) is 0 Å². The summed E-state index contributed by atoms with van der Waals surface area (Å²) in [6, 6.07) is 17.3. The Morgan fingerprint density at radius 1 is 0.552 bits per heavy atom. The zero-order chi connectivity index (χ0) is 20.8. The van der Waals surface area contributed by atoms with E-state index >= 15 is 0 Å². The highest BCUT2D eigenvalue weighted by Gasteiger charge is 2.24. The molecule has 3 aromatic rings. The van der Waals surface area contributed by atoms with Crippen LogP contribution in [0.25, 0.3) is 6.08 Å². The summed E-state index contributed by atoms with van der Waals surface area (Å²) in [5.41, 5.74) is -0.0170. The van der Waals surface area contributed by atoms with E-state index in [0.717, 1.165) is 6.08 Å². The third-order valence-corrected chi connectivity index (χ3v) is 3.76. The Bertz CT molecular complexity index is 1100. The predicted molar refractivity (Wildman–Crippen MR) is 101 cm³/mol. The largest absolute Gasteiger partial charge is 0.203 e. The van der Waals surface area contributed by atoms with E-state index in [1.807, 2.05) is 0 Å². The van der Waals surface area contributed by atoms with Gasteiger partial charge in [-0.25, -0.2) is 22.0 Å². The maximum Gasteiger partial charge on any atom is 0.200 e. The van der Waals surface area contributed by atoms with Crippen molar-refractivity contribution in [2.75, 3.05) is 0 Å². The van der Waals surface area contributed by atoms with Crippen molar-refractivity contribution in [3.8, 4) is 23.7 Å². The molecule has 0 unspecified atom stereocenters. The topological polar surface area (TPSA) is 0 Å². The molecule has 0 bridgehead atoms. The summed E-state index contributed by atoms with van der Waals surface area (Å²) >= 11 is 0. The molecular formula is C24H11F5.